The summed E-state index contributed by atoms with van der Waals surface area (Å²) < 4.78 is 13.1. The van der Waals surface area contributed by atoms with Crippen molar-refractivity contribution in [3.8, 4) is 0 Å². The molecule has 5 nitrogen and oxygen atoms in total. The van der Waals surface area contributed by atoms with Crippen LogP contribution < -0.4 is 5.32 Å². The van der Waals surface area contributed by atoms with Crippen LogP contribution in [0, 0.1) is 5.82 Å². The molecule has 1 aromatic heterocycles. The number of rotatable bonds is 4. The Morgan fingerprint density at radius 1 is 1.12 bits per heavy atom. The van der Waals surface area contributed by atoms with Gasteiger partial charge in [-0.15, -0.1) is 0 Å². The van der Waals surface area contributed by atoms with E-state index < -0.39 is 5.54 Å². The first-order chi connectivity index (χ1) is 15.6. The average Bonchev–Trinajstić information content (AvgIpc) is 3.42. The van der Waals surface area contributed by atoms with Crippen molar-refractivity contribution in [3.05, 3.63) is 65.7 Å². The first-order valence-electron chi connectivity index (χ1n) is 11.9. The molecule has 2 aliphatic heterocycles. The number of hydrogen-bond acceptors (Lipinski definition) is 4. The van der Waals surface area contributed by atoms with Gasteiger partial charge in [0.2, 0.25) is 0 Å². The number of pyridine rings is 1. The van der Waals surface area contributed by atoms with E-state index in [1.807, 2.05) is 18.5 Å². The van der Waals surface area contributed by atoms with Crippen LogP contribution in [0.4, 0.5) is 4.39 Å². The Morgan fingerprint density at radius 2 is 1.84 bits per heavy atom. The smallest absolute Gasteiger partial charge is 0.256 e. The number of carbonyl (C=O) groups is 1. The van der Waals surface area contributed by atoms with Gasteiger partial charge in [0.25, 0.3) is 5.91 Å². The van der Waals surface area contributed by atoms with Gasteiger partial charge in [-0.25, -0.2) is 4.39 Å². The fourth-order valence-electron chi connectivity index (χ4n) is 4.97. The third-order valence-electron chi connectivity index (χ3n) is 6.69. The lowest BCUT2D eigenvalue weighted by atomic mass is 9.91. The summed E-state index contributed by atoms with van der Waals surface area (Å²) in [7, 11) is 0. The molecule has 3 heterocycles. The summed E-state index contributed by atoms with van der Waals surface area (Å²) in [6.07, 6.45) is 11.0. The van der Waals surface area contributed by atoms with Gasteiger partial charge in [-0.1, -0.05) is 25.8 Å². The Kier molecular flexibility index (Phi) is 7.30. The van der Waals surface area contributed by atoms with E-state index in [2.05, 4.69) is 23.3 Å². The van der Waals surface area contributed by atoms with E-state index in [0.29, 0.717) is 6.54 Å². The lowest BCUT2D eigenvalue weighted by Gasteiger charge is -2.22. The van der Waals surface area contributed by atoms with Crippen molar-refractivity contribution in [3.63, 3.8) is 0 Å². The second kappa shape index (κ2) is 10.3. The van der Waals surface area contributed by atoms with Crippen LogP contribution in [-0.2, 0) is 4.79 Å². The van der Waals surface area contributed by atoms with E-state index in [4.69, 9.17) is 4.99 Å². The fraction of sp³-hybridized carbons (Fsp3) is 0.500. The summed E-state index contributed by atoms with van der Waals surface area (Å²) in [6, 6.07) is 10.5. The minimum Gasteiger partial charge on any atom is -0.317 e. The summed E-state index contributed by atoms with van der Waals surface area (Å²) >= 11 is 0. The van der Waals surface area contributed by atoms with E-state index >= 15 is 0 Å². The van der Waals surface area contributed by atoms with Crippen molar-refractivity contribution in [2.45, 2.75) is 63.3 Å². The number of nitrogens with zero attached hydrogens (tertiary/aromatic N) is 3. The number of hydrogen-bond donors (Lipinski definition) is 1. The maximum Gasteiger partial charge on any atom is 0.256 e. The number of piperidine rings is 1. The molecule has 170 valence electrons. The highest BCUT2D eigenvalue weighted by atomic mass is 19.1. The number of aliphatic imine (C=N–C) groups is 1. The third kappa shape index (κ3) is 4.90. The van der Waals surface area contributed by atoms with Gasteiger partial charge in [0.1, 0.15) is 17.2 Å². The van der Waals surface area contributed by atoms with Crippen LogP contribution in [-0.4, -0.2) is 46.8 Å². The molecular weight excluding hydrogens is 403 g/mol. The zero-order valence-corrected chi connectivity index (χ0v) is 18.9. The highest BCUT2D eigenvalue weighted by molar-refractivity contribution is 6.15. The minimum atomic E-state index is -0.529. The maximum absolute atomic E-state index is 13.1. The van der Waals surface area contributed by atoms with E-state index in [1.165, 1.54) is 30.5 Å². The number of nitrogens with one attached hydrogen (secondary N) is 1. The van der Waals surface area contributed by atoms with Gasteiger partial charge in [0, 0.05) is 24.5 Å². The molecule has 0 radical (unpaired) electrons. The fourth-order valence-corrected chi connectivity index (χ4v) is 4.97. The molecule has 1 aromatic carbocycles. The van der Waals surface area contributed by atoms with Crippen LogP contribution in [0.3, 0.4) is 0 Å². The molecule has 1 N–H and O–H groups in total. The molecule has 6 heteroatoms. The first kappa shape index (κ1) is 22.6. The van der Waals surface area contributed by atoms with Crippen molar-refractivity contribution in [2.24, 2.45) is 4.99 Å². The molecule has 1 amide bonds. The van der Waals surface area contributed by atoms with Gasteiger partial charge < -0.3 is 5.32 Å². The third-order valence-corrected chi connectivity index (χ3v) is 6.69. The predicted molar refractivity (Wildman–Crippen MR) is 125 cm³/mol. The van der Waals surface area contributed by atoms with Gasteiger partial charge in [0.05, 0.1) is 0 Å². The van der Waals surface area contributed by atoms with Crippen molar-refractivity contribution in [1.29, 1.82) is 0 Å². The van der Waals surface area contributed by atoms with Gasteiger partial charge in [-0.05, 0) is 87.0 Å². The van der Waals surface area contributed by atoms with E-state index in [0.717, 1.165) is 62.5 Å². The SMILES string of the molecule is CCCN1C(=O)C2(CCCC2)N=C1c1ccc(F)cc1.c1cncc(C2CCNCC2)c1. The number of amidine groups is 1. The summed E-state index contributed by atoms with van der Waals surface area (Å²) in [5.74, 6) is 1.33. The summed E-state index contributed by atoms with van der Waals surface area (Å²) in [5.41, 5.74) is 1.70. The number of carbonyl (C=O) groups excluding carboxylic acids is 1. The van der Waals surface area contributed by atoms with Crippen molar-refractivity contribution >= 4 is 11.7 Å². The summed E-state index contributed by atoms with van der Waals surface area (Å²) in [4.78, 5) is 23.4. The van der Waals surface area contributed by atoms with Crippen LogP contribution in [0.2, 0.25) is 0 Å². The predicted octanol–water partition coefficient (Wildman–Crippen LogP) is 4.69. The molecule has 32 heavy (non-hydrogen) atoms. The molecule has 2 fully saturated rings. The highest BCUT2D eigenvalue weighted by Crippen LogP contribution is 2.39. The summed E-state index contributed by atoms with van der Waals surface area (Å²) in [6.45, 7) is 5.03. The quantitative estimate of drug-likeness (QED) is 0.757. The van der Waals surface area contributed by atoms with Crippen molar-refractivity contribution in [2.75, 3.05) is 19.6 Å². The number of benzene rings is 1. The van der Waals surface area contributed by atoms with Gasteiger partial charge in [0.15, 0.2) is 0 Å². The van der Waals surface area contributed by atoms with Crippen LogP contribution in [0.15, 0.2) is 53.8 Å². The summed E-state index contributed by atoms with van der Waals surface area (Å²) in [5, 5.41) is 3.36. The average molecular weight is 437 g/mol. The second-order valence-corrected chi connectivity index (χ2v) is 8.95. The first-order valence-corrected chi connectivity index (χ1v) is 11.9. The van der Waals surface area contributed by atoms with Gasteiger partial charge >= 0.3 is 0 Å². The molecule has 1 aliphatic carbocycles. The molecule has 1 saturated carbocycles. The second-order valence-electron chi connectivity index (χ2n) is 8.95. The van der Waals surface area contributed by atoms with Crippen LogP contribution in [0.25, 0.3) is 0 Å². The van der Waals surface area contributed by atoms with Gasteiger partial charge in [-0.2, -0.15) is 0 Å². The lowest BCUT2D eigenvalue weighted by Crippen LogP contribution is -2.41. The normalized spacial score (nSPS) is 20.2. The van der Waals surface area contributed by atoms with Crippen LogP contribution in [0.5, 0.6) is 0 Å². The monoisotopic (exact) mass is 436 g/mol. The molecule has 1 spiro atoms. The van der Waals surface area contributed by atoms with Gasteiger partial charge in [-0.3, -0.25) is 19.7 Å². The molecule has 0 bridgehead atoms. The van der Waals surface area contributed by atoms with Crippen molar-refractivity contribution in [1.82, 2.24) is 15.2 Å². The Bertz CT molecular complexity index is 917. The number of aromatic nitrogens is 1. The van der Waals surface area contributed by atoms with Crippen molar-refractivity contribution < 1.29 is 9.18 Å². The zero-order chi connectivity index (χ0) is 22.4. The Morgan fingerprint density at radius 3 is 2.47 bits per heavy atom. The van der Waals surface area contributed by atoms with E-state index in [1.54, 1.807) is 17.0 Å². The molecular formula is C26H33FN4O. The molecule has 2 aromatic rings. The molecule has 0 unspecified atom stereocenters. The number of halogens is 1. The standard InChI is InChI=1S/C16H19FN2O.C10H14N2/c1-2-11-19-14(12-5-7-13(17)8-6-12)18-16(15(19)20)9-3-4-10-16;1-2-10(8-12-5-1)9-3-6-11-7-4-9/h5-8H,2-4,9-11H2,1H3;1-2,5,8-9,11H,3-4,6-7H2. The van der Waals surface area contributed by atoms with Crippen LogP contribution in [0.1, 0.15) is 68.9 Å². The topological polar surface area (TPSA) is 57.6 Å². The number of amides is 1. The maximum atomic E-state index is 13.1. The Balaban J connectivity index is 0.000000174. The zero-order valence-electron chi connectivity index (χ0n) is 18.9. The Hall–Kier alpha value is -2.60. The van der Waals surface area contributed by atoms with E-state index in [9.17, 15) is 9.18 Å². The molecule has 0 atom stereocenters. The van der Waals surface area contributed by atoms with E-state index in [-0.39, 0.29) is 11.7 Å². The molecule has 5 rings (SSSR count). The largest absolute Gasteiger partial charge is 0.317 e. The molecule has 1 saturated heterocycles. The lowest BCUT2D eigenvalue weighted by molar-refractivity contribution is -0.131. The minimum absolute atomic E-state index is 0.135. The Labute approximate surface area is 190 Å². The van der Waals surface area contributed by atoms with Crippen LogP contribution >= 0.6 is 0 Å². The highest BCUT2D eigenvalue weighted by Gasteiger charge is 2.49. The molecule has 3 aliphatic rings.